The van der Waals surface area contributed by atoms with Crippen LogP contribution in [0.4, 0.5) is 0 Å². The average molecular weight is 895 g/mol. The standard InChI is InChI=1S/C59H106O5/c1-4-7-10-13-16-19-22-25-28-29-30-31-33-34-37-40-43-46-49-52-58(60)63-56-57(55-62-54-51-48-45-42-39-36-27-24-21-18-15-12-9-6-3)64-59(61)53-50-47-44-41-38-35-32-26-23-20-17-14-11-8-5-2/h9,12,18,21,26-27,32,36,42,45,57H,4-8,10-11,13-17,19-20,22-25,28-31,33-35,37-41,43-44,46-56H2,1-3H3/b12-9-,21-18-,32-26-,36-27-,45-42-. The second kappa shape index (κ2) is 54.9. The maximum Gasteiger partial charge on any atom is 0.306 e. The van der Waals surface area contributed by atoms with E-state index in [2.05, 4.69) is 81.5 Å². The van der Waals surface area contributed by atoms with E-state index >= 15 is 0 Å². The zero-order valence-electron chi connectivity index (χ0n) is 42.8. The third-order valence-electron chi connectivity index (χ3n) is 12.0. The fraction of sp³-hybridized carbons (Fsp3) is 0.797. The third-order valence-corrected chi connectivity index (χ3v) is 12.0. The van der Waals surface area contributed by atoms with Gasteiger partial charge in [0.15, 0.2) is 6.10 Å². The molecule has 0 heterocycles. The van der Waals surface area contributed by atoms with Gasteiger partial charge in [0.2, 0.25) is 0 Å². The van der Waals surface area contributed by atoms with Gasteiger partial charge in [-0.25, -0.2) is 0 Å². The topological polar surface area (TPSA) is 61.8 Å². The van der Waals surface area contributed by atoms with Crippen LogP contribution in [0.15, 0.2) is 60.8 Å². The first-order valence-electron chi connectivity index (χ1n) is 27.8. The molecule has 0 aromatic carbocycles. The largest absolute Gasteiger partial charge is 0.462 e. The molecule has 5 heteroatoms. The van der Waals surface area contributed by atoms with Crippen molar-refractivity contribution in [3.63, 3.8) is 0 Å². The molecule has 0 saturated carbocycles. The summed E-state index contributed by atoms with van der Waals surface area (Å²) in [6.45, 7) is 7.60. The molecule has 1 atom stereocenters. The first-order chi connectivity index (χ1) is 31.6. The number of hydrogen-bond donors (Lipinski definition) is 0. The van der Waals surface area contributed by atoms with Crippen molar-refractivity contribution in [3.8, 4) is 0 Å². The fourth-order valence-electron chi connectivity index (χ4n) is 7.92. The van der Waals surface area contributed by atoms with Crippen LogP contribution < -0.4 is 0 Å². The quantitative estimate of drug-likeness (QED) is 0.0346. The summed E-state index contributed by atoms with van der Waals surface area (Å²) in [6, 6.07) is 0. The number of rotatable bonds is 51. The molecule has 0 rings (SSSR count). The molecule has 0 aliphatic heterocycles. The summed E-state index contributed by atoms with van der Waals surface area (Å²) in [5, 5.41) is 0. The Balaban J connectivity index is 4.28. The van der Waals surface area contributed by atoms with Gasteiger partial charge in [0.1, 0.15) is 6.61 Å². The van der Waals surface area contributed by atoms with Gasteiger partial charge in [-0.05, 0) is 77.0 Å². The van der Waals surface area contributed by atoms with Crippen LogP contribution in [0.5, 0.6) is 0 Å². The number of carbonyl (C=O) groups excluding carboxylic acids is 2. The predicted molar refractivity (Wildman–Crippen MR) is 279 cm³/mol. The Kier molecular flexibility index (Phi) is 52.9. The van der Waals surface area contributed by atoms with Crippen molar-refractivity contribution < 1.29 is 23.8 Å². The molecule has 5 nitrogen and oxygen atoms in total. The Morgan fingerprint density at radius 2 is 0.703 bits per heavy atom. The lowest BCUT2D eigenvalue weighted by Gasteiger charge is -2.18. The van der Waals surface area contributed by atoms with Crippen molar-refractivity contribution in [2.24, 2.45) is 0 Å². The first-order valence-corrected chi connectivity index (χ1v) is 27.8. The first kappa shape index (κ1) is 61.6. The number of unbranched alkanes of at least 4 members (excludes halogenated alkanes) is 30. The van der Waals surface area contributed by atoms with E-state index in [-0.39, 0.29) is 25.2 Å². The predicted octanol–water partition coefficient (Wildman–Crippen LogP) is 18.9. The molecule has 0 aromatic rings. The molecule has 64 heavy (non-hydrogen) atoms. The molecule has 0 N–H and O–H groups in total. The molecule has 0 fully saturated rings. The van der Waals surface area contributed by atoms with Crippen LogP contribution in [0, 0.1) is 0 Å². The van der Waals surface area contributed by atoms with E-state index in [0.29, 0.717) is 19.4 Å². The van der Waals surface area contributed by atoms with Crippen molar-refractivity contribution in [1.82, 2.24) is 0 Å². The van der Waals surface area contributed by atoms with Gasteiger partial charge in [-0.3, -0.25) is 9.59 Å². The minimum Gasteiger partial charge on any atom is -0.462 e. The molecule has 0 aromatic heterocycles. The summed E-state index contributed by atoms with van der Waals surface area (Å²) in [6.07, 6.45) is 69.7. The molecule has 0 aliphatic carbocycles. The molecule has 1 unspecified atom stereocenters. The Morgan fingerprint density at radius 3 is 1.14 bits per heavy atom. The molecular weight excluding hydrogens is 789 g/mol. The van der Waals surface area contributed by atoms with Crippen LogP contribution in [-0.4, -0.2) is 37.9 Å². The van der Waals surface area contributed by atoms with Crippen LogP contribution in [0.2, 0.25) is 0 Å². The van der Waals surface area contributed by atoms with E-state index < -0.39 is 6.10 Å². The van der Waals surface area contributed by atoms with E-state index in [4.69, 9.17) is 14.2 Å². The molecule has 0 saturated heterocycles. The summed E-state index contributed by atoms with van der Waals surface area (Å²) in [5.74, 6) is -0.425. The molecule has 0 aliphatic rings. The zero-order valence-corrected chi connectivity index (χ0v) is 42.8. The lowest BCUT2D eigenvalue weighted by atomic mass is 10.0. The van der Waals surface area contributed by atoms with Gasteiger partial charge in [-0.1, -0.05) is 248 Å². The SMILES string of the molecule is CC/C=C\C/C=C\C/C=C\C/C=C\CCCOCC(COC(=O)CCCCCCCCCCCCCCCCCCCCC)OC(=O)CCCCCCC/C=C\CCCCCCCC. The molecule has 0 radical (unpaired) electrons. The monoisotopic (exact) mass is 895 g/mol. The minimum atomic E-state index is -0.568. The lowest BCUT2D eigenvalue weighted by molar-refractivity contribution is -0.163. The third kappa shape index (κ3) is 52.2. The van der Waals surface area contributed by atoms with E-state index in [1.807, 2.05) is 0 Å². The minimum absolute atomic E-state index is 0.0624. The van der Waals surface area contributed by atoms with Gasteiger partial charge in [0.05, 0.1) is 6.61 Å². The normalized spacial score (nSPS) is 12.6. The second-order valence-corrected chi connectivity index (χ2v) is 18.5. The fourth-order valence-corrected chi connectivity index (χ4v) is 7.92. The number of ether oxygens (including phenoxy) is 3. The lowest BCUT2D eigenvalue weighted by Crippen LogP contribution is -2.30. The number of carbonyl (C=O) groups is 2. The van der Waals surface area contributed by atoms with Crippen LogP contribution in [0.3, 0.4) is 0 Å². The Hall–Kier alpha value is -2.40. The summed E-state index contributed by atoms with van der Waals surface area (Å²) >= 11 is 0. The summed E-state index contributed by atoms with van der Waals surface area (Å²) < 4.78 is 17.4. The highest BCUT2D eigenvalue weighted by Crippen LogP contribution is 2.16. The Bertz CT molecular complexity index is 1100. The van der Waals surface area contributed by atoms with Crippen LogP contribution in [0.1, 0.15) is 278 Å². The van der Waals surface area contributed by atoms with Gasteiger partial charge < -0.3 is 14.2 Å². The van der Waals surface area contributed by atoms with Crippen LogP contribution in [0.25, 0.3) is 0 Å². The van der Waals surface area contributed by atoms with E-state index in [1.165, 1.54) is 167 Å². The molecule has 0 bridgehead atoms. The van der Waals surface area contributed by atoms with Gasteiger partial charge >= 0.3 is 11.9 Å². The van der Waals surface area contributed by atoms with Crippen molar-refractivity contribution in [1.29, 1.82) is 0 Å². The van der Waals surface area contributed by atoms with Crippen LogP contribution >= 0.6 is 0 Å². The number of hydrogen-bond acceptors (Lipinski definition) is 5. The van der Waals surface area contributed by atoms with E-state index in [9.17, 15) is 9.59 Å². The average Bonchev–Trinajstić information content (AvgIpc) is 3.30. The molecule has 372 valence electrons. The van der Waals surface area contributed by atoms with Crippen LogP contribution in [-0.2, 0) is 23.8 Å². The molecule has 0 amide bonds. The molecular formula is C59H106O5. The van der Waals surface area contributed by atoms with Gasteiger partial charge in [-0.15, -0.1) is 0 Å². The highest BCUT2D eigenvalue weighted by molar-refractivity contribution is 5.70. The smallest absolute Gasteiger partial charge is 0.306 e. The number of esters is 2. The zero-order chi connectivity index (χ0) is 46.3. The Morgan fingerprint density at radius 1 is 0.359 bits per heavy atom. The number of allylic oxidation sites excluding steroid dienone is 10. The highest BCUT2D eigenvalue weighted by atomic mass is 16.6. The maximum absolute atomic E-state index is 12.8. The molecule has 0 spiro atoms. The summed E-state index contributed by atoms with van der Waals surface area (Å²) in [4.78, 5) is 25.5. The summed E-state index contributed by atoms with van der Waals surface area (Å²) in [7, 11) is 0. The van der Waals surface area contributed by atoms with Crippen molar-refractivity contribution >= 4 is 11.9 Å². The summed E-state index contributed by atoms with van der Waals surface area (Å²) in [5.41, 5.74) is 0. The van der Waals surface area contributed by atoms with Gasteiger partial charge in [0, 0.05) is 19.4 Å². The van der Waals surface area contributed by atoms with E-state index in [1.54, 1.807) is 0 Å². The van der Waals surface area contributed by atoms with Crippen molar-refractivity contribution in [2.75, 3.05) is 19.8 Å². The Labute approximate surface area is 398 Å². The van der Waals surface area contributed by atoms with Gasteiger partial charge in [0.25, 0.3) is 0 Å². The van der Waals surface area contributed by atoms with Crippen molar-refractivity contribution in [2.45, 2.75) is 284 Å². The second-order valence-electron chi connectivity index (χ2n) is 18.5. The van der Waals surface area contributed by atoms with E-state index in [0.717, 1.165) is 77.0 Å². The highest BCUT2D eigenvalue weighted by Gasteiger charge is 2.17. The maximum atomic E-state index is 12.8. The van der Waals surface area contributed by atoms with Crippen molar-refractivity contribution in [3.05, 3.63) is 60.8 Å². The van der Waals surface area contributed by atoms with Gasteiger partial charge in [-0.2, -0.15) is 0 Å².